The van der Waals surface area contributed by atoms with Crippen LogP contribution in [0, 0.1) is 0 Å². The quantitative estimate of drug-likeness (QED) is 0.582. The molecule has 0 aliphatic heterocycles. The summed E-state index contributed by atoms with van der Waals surface area (Å²) in [5.41, 5.74) is 0. The molecule has 0 aromatic heterocycles. The highest BCUT2D eigenvalue weighted by molar-refractivity contribution is 5.96. The van der Waals surface area contributed by atoms with Gasteiger partial charge in [-0.2, -0.15) is 0 Å². The first-order valence-electron chi connectivity index (χ1n) is 4.81. The van der Waals surface area contributed by atoms with Gasteiger partial charge in [-0.1, -0.05) is 0 Å². The van der Waals surface area contributed by atoms with E-state index in [-0.39, 0.29) is 18.1 Å². The fourth-order valence-electron chi connectivity index (χ4n) is 1.10. The van der Waals surface area contributed by atoms with Crippen molar-refractivity contribution in [1.29, 1.82) is 0 Å². The molecule has 0 unspecified atom stereocenters. The Balaban J connectivity index is 3.67. The maximum absolute atomic E-state index is 11.3. The molecule has 0 aromatic rings. The van der Waals surface area contributed by atoms with Crippen LogP contribution in [0.5, 0.6) is 0 Å². The topological polar surface area (TPSA) is 40.6 Å². The lowest BCUT2D eigenvalue weighted by Gasteiger charge is -2.17. The maximum atomic E-state index is 11.3. The van der Waals surface area contributed by atoms with E-state index in [1.54, 1.807) is 11.9 Å². The highest BCUT2D eigenvalue weighted by atomic mass is 16.2. The Labute approximate surface area is 85.9 Å². The number of carbonyl (C=O) groups excluding carboxylic acids is 2. The van der Waals surface area contributed by atoms with Crippen molar-refractivity contribution >= 4 is 11.7 Å². The molecular formula is C10H20N2O2. The molecule has 0 N–H and O–H groups in total. The summed E-state index contributed by atoms with van der Waals surface area (Å²) in [6, 6.07) is 0. The van der Waals surface area contributed by atoms with Crippen molar-refractivity contribution < 1.29 is 9.59 Å². The molecule has 0 bridgehead atoms. The first-order valence-corrected chi connectivity index (χ1v) is 4.81. The summed E-state index contributed by atoms with van der Waals surface area (Å²) < 4.78 is 0. The summed E-state index contributed by atoms with van der Waals surface area (Å²) in [5.74, 6) is -0.161. The summed E-state index contributed by atoms with van der Waals surface area (Å²) in [6.45, 7) is 3.10. The highest BCUT2D eigenvalue weighted by Gasteiger charge is 2.10. The Bertz CT molecular complexity index is 202. The van der Waals surface area contributed by atoms with Crippen LogP contribution in [0.25, 0.3) is 0 Å². The summed E-state index contributed by atoms with van der Waals surface area (Å²) in [7, 11) is 5.73. The second-order valence-corrected chi connectivity index (χ2v) is 3.85. The molecular weight excluding hydrogens is 180 g/mol. The second kappa shape index (κ2) is 6.54. The van der Waals surface area contributed by atoms with Crippen LogP contribution >= 0.6 is 0 Å². The van der Waals surface area contributed by atoms with Crippen molar-refractivity contribution in [2.75, 3.05) is 34.2 Å². The second-order valence-electron chi connectivity index (χ2n) is 3.85. The number of ketones is 1. The van der Waals surface area contributed by atoms with Gasteiger partial charge in [0.05, 0.1) is 6.42 Å². The minimum Gasteiger partial charge on any atom is -0.345 e. The summed E-state index contributed by atoms with van der Waals surface area (Å²) >= 11 is 0. The molecule has 0 aliphatic carbocycles. The summed E-state index contributed by atoms with van der Waals surface area (Å²) in [6.07, 6.45) is 0.964. The molecule has 0 aliphatic rings. The van der Waals surface area contributed by atoms with Gasteiger partial charge < -0.3 is 9.80 Å². The van der Waals surface area contributed by atoms with Gasteiger partial charge in [0, 0.05) is 13.6 Å². The Hall–Kier alpha value is -0.900. The van der Waals surface area contributed by atoms with E-state index < -0.39 is 0 Å². The summed E-state index contributed by atoms with van der Waals surface area (Å²) in [5, 5.41) is 0. The third-order valence-electron chi connectivity index (χ3n) is 1.92. The molecule has 0 atom stereocenters. The lowest BCUT2D eigenvalue weighted by atomic mass is 10.2. The van der Waals surface area contributed by atoms with Crippen LogP contribution in [0.2, 0.25) is 0 Å². The predicted octanol–water partition coefficient (Wildman–Crippen LogP) is 0.376. The average Bonchev–Trinajstić information content (AvgIpc) is 2.01. The van der Waals surface area contributed by atoms with Crippen molar-refractivity contribution in [3.05, 3.63) is 0 Å². The zero-order valence-electron chi connectivity index (χ0n) is 9.54. The van der Waals surface area contributed by atoms with Gasteiger partial charge in [0.25, 0.3) is 0 Å². The van der Waals surface area contributed by atoms with Gasteiger partial charge >= 0.3 is 0 Å². The molecule has 0 saturated carbocycles. The Morgan fingerprint density at radius 3 is 2.07 bits per heavy atom. The average molecular weight is 200 g/mol. The van der Waals surface area contributed by atoms with Crippen LogP contribution in [0.1, 0.15) is 19.8 Å². The molecule has 0 rings (SSSR count). The normalized spacial score (nSPS) is 10.4. The number of hydrogen-bond donors (Lipinski definition) is 0. The number of carbonyl (C=O) groups is 2. The first kappa shape index (κ1) is 13.1. The number of amides is 1. The van der Waals surface area contributed by atoms with Crippen molar-refractivity contribution in [3.8, 4) is 0 Å². The Morgan fingerprint density at radius 1 is 1.07 bits per heavy atom. The fourth-order valence-corrected chi connectivity index (χ4v) is 1.10. The third kappa shape index (κ3) is 6.60. The van der Waals surface area contributed by atoms with Crippen LogP contribution < -0.4 is 0 Å². The van der Waals surface area contributed by atoms with Gasteiger partial charge in [-0.3, -0.25) is 9.59 Å². The molecule has 0 heterocycles. The molecule has 82 valence electrons. The summed E-state index contributed by atoms with van der Waals surface area (Å²) in [4.78, 5) is 25.7. The van der Waals surface area contributed by atoms with Crippen LogP contribution in [-0.4, -0.2) is 55.7 Å². The molecule has 0 radical (unpaired) electrons. The Kier molecular flexibility index (Phi) is 6.12. The minimum absolute atomic E-state index is 0.0263. The molecule has 0 aromatic carbocycles. The number of Topliss-reactive ketones (excluding diaryl/α,β-unsaturated/α-hetero) is 1. The van der Waals surface area contributed by atoms with Gasteiger partial charge in [0.1, 0.15) is 5.78 Å². The zero-order valence-corrected chi connectivity index (χ0v) is 9.54. The van der Waals surface area contributed by atoms with E-state index in [1.807, 2.05) is 14.1 Å². The van der Waals surface area contributed by atoms with Gasteiger partial charge in [0.2, 0.25) is 5.91 Å². The molecule has 4 nitrogen and oxygen atoms in total. The van der Waals surface area contributed by atoms with Crippen LogP contribution in [-0.2, 0) is 9.59 Å². The van der Waals surface area contributed by atoms with Crippen molar-refractivity contribution in [2.24, 2.45) is 0 Å². The van der Waals surface area contributed by atoms with Crippen molar-refractivity contribution in [3.63, 3.8) is 0 Å². The highest BCUT2D eigenvalue weighted by Crippen LogP contribution is 1.94. The molecule has 1 amide bonds. The lowest BCUT2D eigenvalue weighted by molar-refractivity contribution is -0.133. The molecule has 4 heteroatoms. The smallest absolute Gasteiger partial charge is 0.229 e. The molecule has 14 heavy (non-hydrogen) atoms. The van der Waals surface area contributed by atoms with Crippen LogP contribution in [0.15, 0.2) is 0 Å². The van der Waals surface area contributed by atoms with E-state index in [0.717, 1.165) is 13.0 Å². The first-order chi connectivity index (χ1) is 6.43. The van der Waals surface area contributed by atoms with E-state index >= 15 is 0 Å². The van der Waals surface area contributed by atoms with Crippen molar-refractivity contribution in [2.45, 2.75) is 19.8 Å². The van der Waals surface area contributed by atoms with Crippen molar-refractivity contribution in [1.82, 2.24) is 9.80 Å². The van der Waals surface area contributed by atoms with Gasteiger partial charge in [-0.05, 0) is 34.0 Å². The zero-order chi connectivity index (χ0) is 11.1. The van der Waals surface area contributed by atoms with E-state index in [4.69, 9.17) is 0 Å². The largest absolute Gasteiger partial charge is 0.345 e. The Morgan fingerprint density at radius 2 is 1.64 bits per heavy atom. The predicted molar refractivity (Wildman–Crippen MR) is 56.1 cm³/mol. The van der Waals surface area contributed by atoms with E-state index in [2.05, 4.69) is 4.90 Å². The minimum atomic E-state index is -0.0868. The number of hydrogen-bond acceptors (Lipinski definition) is 3. The van der Waals surface area contributed by atoms with E-state index in [0.29, 0.717) is 6.54 Å². The van der Waals surface area contributed by atoms with Gasteiger partial charge in [-0.15, -0.1) is 0 Å². The standard InChI is InChI=1S/C10H20N2O2/c1-9(13)8-10(14)12(4)7-5-6-11(2)3/h5-8H2,1-4H3. The third-order valence-corrected chi connectivity index (χ3v) is 1.92. The lowest BCUT2D eigenvalue weighted by Crippen LogP contribution is -2.30. The number of rotatable bonds is 6. The molecule has 0 fully saturated rings. The van der Waals surface area contributed by atoms with Gasteiger partial charge in [0.15, 0.2) is 0 Å². The van der Waals surface area contributed by atoms with Gasteiger partial charge in [-0.25, -0.2) is 0 Å². The van der Waals surface area contributed by atoms with E-state index in [1.165, 1.54) is 6.92 Å². The van der Waals surface area contributed by atoms with Crippen LogP contribution in [0.3, 0.4) is 0 Å². The van der Waals surface area contributed by atoms with Crippen LogP contribution in [0.4, 0.5) is 0 Å². The monoisotopic (exact) mass is 200 g/mol. The maximum Gasteiger partial charge on any atom is 0.229 e. The molecule has 0 spiro atoms. The SMILES string of the molecule is CC(=O)CC(=O)N(C)CCCN(C)C. The fraction of sp³-hybridized carbons (Fsp3) is 0.800. The van der Waals surface area contributed by atoms with E-state index in [9.17, 15) is 9.59 Å². The number of nitrogens with zero attached hydrogens (tertiary/aromatic N) is 2. The molecule has 0 saturated heterocycles.